The van der Waals surface area contributed by atoms with Crippen LogP contribution in [0.15, 0.2) is 121 Å². The summed E-state index contributed by atoms with van der Waals surface area (Å²) in [4.78, 5) is 107. The minimum Gasteiger partial charge on any atom is -0.461 e. The SMILES string of the molecule is CC(C)(C)OC(=O)N(CCC(=O)OCC(Cl)(Cl)Cl)CC(=O)NCCCC(=O)NCCO[C@@H]1O[C@H](COC(=O)c2ccccc2)[C@H](OC(=O)c2ccccc2)[C@H](OC(=O)c2ccccc2)[C@H]1OC(=O)c1ccccc1. The Balaban J connectivity index is 1.28. The van der Waals surface area contributed by atoms with Gasteiger partial charge < -0.3 is 48.5 Å². The largest absolute Gasteiger partial charge is 0.461 e. The van der Waals surface area contributed by atoms with Crippen molar-refractivity contribution in [3.63, 3.8) is 0 Å². The van der Waals surface area contributed by atoms with Gasteiger partial charge in [0, 0.05) is 26.1 Å². The Hall–Kier alpha value is -6.77. The molecule has 5 rings (SSSR count). The van der Waals surface area contributed by atoms with E-state index in [1.54, 1.807) is 93.6 Å². The van der Waals surface area contributed by atoms with Gasteiger partial charge in [-0.2, -0.15) is 0 Å². The predicted molar refractivity (Wildman–Crippen MR) is 267 cm³/mol. The number of benzene rings is 4. The Morgan fingerprint density at radius 3 is 1.55 bits per heavy atom. The Labute approximate surface area is 442 Å². The van der Waals surface area contributed by atoms with E-state index in [1.165, 1.54) is 48.5 Å². The van der Waals surface area contributed by atoms with Crippen LogP contribution in [-0.4, -0.2) is 139 Å². The lowest BCUT2D eigenvalue weighted by atomic mass is 9.97. The Morgan fingerprint density at radius 2 is 1.05 bits per heavy atom. The van der Waals surface area contributed by atoms with Crippen molar-refractivity contribution in [3.8, 4) is 0 Å². The fraction of sp³-hybridized carbons (Fsp3) is 0.385. The summed E-state index contributed by atoms with van der Waals surface area (Å²) >= 11 is 16.9. The van der Waals surface area contributed by atoms with Gasteiger partial charge >= 0.3 is 35.9 Å². The number of hydrogen-bond donors (Lipinski definition) is 2. The Bertz CT molecular complexity index is 2500. The van der Waals surface area contributed by atoms with Crippen molar-refractivity contribution in [2.45, 2.75) is 80.1 Å². The van der Waals surface area contributed by atoms with E-state index in [0.717, 1.165) is 4.90 Å². The Morgan fingerprint density at radius 1 is 0.581 bits per heavy atom. The average Bonchev–Trinajstić information content (AvgIpc) is 3.38. The van der Waals surface area contributed by atoms with E-state index >= 15 is 0 Å². The zero-order valence-corrected chi connectivity index (χ0v) is 42.9. The van der Waals surface area contributed by atoms with Gasteiger partial charge in [-0.25, -0.2) is 24.0 Å². The molecule has 0 bridgehead atoms. The minimum atomic E-state index is -1.84. The second-order valence-corrected chi connectivity index (χ2v) is 19.8. The van der Waals surface area contributed by atoms with Gasteiger partial charge in [0.2, 0.25) is 15.6 Å². The van der Waals surface area contributed by atoms with E-state index < -0.39 is 108 Å². The summed E-state index contributed by atoms with van der Waals surface area (Å²) < 4.78 is 44.7. The predicted octanol–water partition coefficient (Wildman–Crippen LogP) is 6.81. The van der Waals surface area contributed by atoms with Crippen LogP contribution >= 0.6 is 34.8 Å². The van der Waals surface area contributed by atoms with Crippen molar-refractivity contribution in [2.75, 3.05) is 46.0 Å². The normalized spacial score (nSPS) is 17.4. The number of halogens is 3. The van der Waals surface area contributed by atoms with Crippen LogP contribution in [0.2, 0.25) is 0 Å². The lowest BCUT2D eigenvalue weighted by molar-refractivity contribution is -0.297. The molecule has 1 aliphatic heterocycles. The van der Waals surface area contributed by atoms with E-state index in [4.69, 9.17) is 72.7 Å². The van der Waals surface area contributed by atoms with E-state index in [-0.39, 0.29) is 67.8 Å². The molecule has 0 unspecified atom stereocenters. The highest BCUT2D eigenvalue weighted by molar-refractivity contribution is 6.67. The molecular formula is C52H56Cl3N3O16. The maximum atomic E-state index is 13.9. The number of rotatable bonds is 23. The van der Waals surface area contributed by atoms with Gasteiger partial charge in [0.15, 0.2) is 24.6 Å². The standard InChI is InChI=1S/C52H56Cl3N3O16/c1-51(2,3)74-50(66)58(29-26-41(61)69-33-52(53,54)55)31-40(60)56-27-16-25-39(59)57-28-30-67-49-44(73-48(65)37-23-14-7-15-24-37)43(72-47(64)36-21-12-6-13-22-36)42(71-46(63)35-19-10-5-11-20-35)38(70-49)32-68-45(62)34-17-8-4-9-18-34/h4-15,17-24,38,42-44,49H,16,25-33H2,1-3H3,(H,56,60)(H,57,59)/t38-,42+,43+,44-,49-/m1/s1. The van der Waals surface area contributed by atoms with Gasteiger partial charge in [-0.3, -0.25) is 19.3 Å². The summed E-state index contributed by atoms with van der Waals surface area (Å²) in [7, 11) is 0. The summed E-state index contributed by atoms with van der Waals surface area (Å²) in [5.41, 5.74) is -0.385. The topological polar surface area (TPSA) is 238 Å². The molecule has 0 radical (unpaired) electrons. The molecule has 19 nitrogen and oxygen atoms in total. The van der Waals surface area contributed by atoms with Gasteiger partial charge in [0.25, 0.3) is 0 Å². The first-order valence-corrected chi connectivity index (χ1v) is 24.4. The summed E-state index contributed by atoms with van der Waals surface area (Å²) in [6.07, 6.45) is -8.98. The van der Waals surface area contributed by atoms with Crippen molar-refractivity contribution in [3.05, 3.63) is 144 Å². The van der Waals surface area contributed by atoms with Crippen LogP contribution < -0.4 is 10.6 Å². The van der Waals surface area contributed by atoms with Crippen LogP contribution in [0.4, 0.5) is 4.79 Å². The monoisotopic (exact) mass is 1080 g/mol. The van der Waals surface area contributed by atoms with Gasteiger partial charge in [-0.05, 0) is 75.7 Å². The van der Waals surface area contributed by atoms with E-state index in [1.807, 2.05) is 0 Å². The van der Waals surface area contributed by atoms with Crippen LogP contribution in [0.3, 0.4) is 0 Å². The molecule has 3 amide bonds. The van der Waals surface area contributed by atoms with Gasteiger partial charge in [0.1, 0.15) is 31.5 Å². The van der Waals surface area contributed by atoms with Crippen LogP contribution in [0.5, 0.6) is 0 Å². The van der Waals surface area contributed by atoms with Crippen molar-refractivity contribution in [2.24, 2.45) is 0 Å². The zero-order valence-electron chi connectivity index (χ0n) is 40.6. The highest BCUT2D eigenvalue weighted by Gasteiger charge is 2.53. The third-order valence-electron chi connectivity index (χ3n) is 10.3. The molecule has 1 heterocycles. The average molecular weight is 1090 g/mol. The summed E-state index contributed by atoms with van der Waals surface area (Å²) in [5.74, 6) is -5.23. The molecule has 0 saturated carbocycles. The smallest absolute Gasteiger partial charge is 0.410 e. The first kappa shape index (κ1) is 58.1. The third kappa shape index (κ3) is 19.9. The van der Waals surface area contributed by atoms with Crippen LogP contribution in [-0.2, 0) is 52.3 Å². The van der Waals surface area contributed by atoms with Gasteiger partial charge in [0.05, 0.1) is 35.3 Å². The number of nitrogens with one attached hydrogen (secondary N) is 2. The van der Waals surface area contributed by atoms with Crippen molar-refractivity contribution < 1.29 is 76.3 Å². The third-order valence-corrected chi connectivity index (χ3v) is 10.6. The lowest BCUT2D eigenvalue weighted by Gasteiger charge is -2.44. The second-order valence-electron chi connectivity index (χ2n) is 17.3. The highest BCUT2D eigenvalue weighted by Crippen LogP contribution is 2.32. The summed E-state index contributed by atoms with van der Waals surface area (Å²) in [6, 6.07) is 31.7. The van der Waals surface area contributed by atoms with Gasteiger partial charge in [-0.1, -0.05) is 108 Å². The maximum absolute atomic E-state index is 13.9. The van der Waals surface area contributed by atoms with Crippen LogP contribution in [0.1, 0.15) is 81.5 Å². The molecule has 1 fully saturated rings. The molecule has 4 aromatic rings. The van der Waals surface area contributed by atoms with E-state index in [2.05, 4.69) is 10.6 Å². The molecule has 1 saturated heterocycles. The number of esters is 5. The van der Waals surface area contributed by atoms with Gasteiger partial charge in [-0.15, -0.1) is 0 Å². The molecule has 5 atom stereocenters. The molecule has 396 valence electrons. The Kier molecular flexibility index (Phi) is 22.5. The maximum Gasteiger partial charge on any atom is 0.410 e. The number of carbonyl (C=O) groups is 8. The molecule has 22 heteroatoms. The van der Waals surface area contributed by atoms with Crippen molar-refractivity contribution >= 4 is 82.6 Å². The van der Waals surface area contributed by atoms with Crippen LogP contribution in [0, 0.1) is 0 Å². The molecule has 0 aliphatic carbocycles. The summed E-state index contributed by atoms with van der Waals surface area (Å²) in [5, 5.41) is 5.32. The molecular weight excluding hydrogens is 1030 g/mol. The van der Waals surface area contributed by atoms with E-state index in [9.17, 15) is 38.4 Å². The second kappa shape index (κ2) is 28.6. The quantitative estimate of drug-likeness (QED) is 0.0336. The summed E-state index contributed by atoms with van der Waals surface area (Å²) in [6.45, 7) is 2.68. The number of hydrogen-bond acceptors (Lipinski definition) is 16. The van der Waals surface area contributed by atoms with Crippen LogP contribution in [0.25, 0.3) is 0 Å². The number of alkyl halides is 3. The highest BCUT2D eigenvalue weighted by atomic mass is 35.6. The molecule has 0 spiro atoms. The number of amides is 3. The van der Waals surface area contributed by atoms with E-state index in [0.29, 0.717) is 0 Å². The molecule has 74 heavy (non-hydrogen) atoms. The minimum absolute atomic E-state index is 0.0237. The lowest BCUT2D eigenvalue weighted by Crippen LogP contribution is -2.63. The zero-order chi connectivity index (χ0) is 53.7. The molecule has 2 N–H and O–H groups in total. The number of carbonyl (C=O) groups excluding carboxylic acids is 8. The molecule has 1 aliphatic rings. The molecule has 4 aromatic carbocycles. The fourth-order valence-corrected chi connectivity index (χ4v) is 7.01. The molecule has 0 aromatic heterocycles. The number of nitrogens with zero attached hydrogens (tertiary/aromatic N) is 1. The van der Waals surface area contributed by atoms with Crippen molar-refractivity contribution in [1.29, 1.82) is 0 Å². The fourth-order valence-electron chi connectivity index (χ4n) is 6.84. The van der Waals surface area contributed by atoms with Crippen molar-refractivity contribution in [1.82, 2.24) is 15.5 Å². The number of ether oxygens (including phenoxy) is 8. The first-order chi connectivity index (χ1) is 35.3. The first-order valence-electron chi connectivity index (χ1n) is 23.3.